The zero-order valence-electron chi connectivity index (χ0n) is 16.1. The second kappa shape index (κ2) is 13.6. The van der Waals surface area contributed by atoms with Crippen LogP contribution in [0.4, 0.5) is 0 Å². The van der Waals surface area contributed by atoms with E-state index in [1.54, 1.807) is 25.1 Å². The van der Waals surface area contributed by atoms with Gasteiger partial charge >= 0.3 is 5.97 Å². The predicted octanol–water partition coefficient (Wildman–Crippen LogP) is 5.31. The first-order chi connectivity index (χ1) is 13.3. The number of aliphatic carboxylic acids is 1. The molecule has 0 saturated heterocycles. The van der Waals surface area contributed by atoms with Crippen molar-refractivity contribution in [3.63, 3.8) is 0 Å². The summed E-state index contributed by atoms with van der Waals surface area (Å²) in [5.74, 6) is -0.293. The fourth-order valence-corrected chi connectivity index (χ4v) is 3.16. The number of aliphatic hydroxyl groups excluding tert-OH is 1. The van der Waals surface area contributed by atoms with Crippen LogP contribution in [0.1, 0.15) is 51.9 Å². The Morgan fingerprint density at radius 3 is 2.57 bits per heavy atom. The Balaban J connectivity index is 2.28. The van der Waals surface area contributed by atoms with E-state index in [1.807, 2.05) is 12.2 Å². The number of hydrogen-bond donors (Lipinski definition) is 2. The highest BCUT2D eigenvalue weighted by Gasteiger charge is 2.14. The molecule has 156 valence electrons. The van der Waals surface area contributed by atoms with Crippen molar-refractivity contribution >= 4 is 35.0 Å². The fourth-order valence-electron chi connectivity index (χ4n) is 2.70. The van der Waals surface area contributed by atoms with Crippen LogP contribution in [0.5, 0.6) is 5.75 Å². The molecule has 0 saturated carbocycles. The molecule has 1 aromatic rings. The molecular weight excluding hydrogens is 403 g/mol. The van der Waals surface area contributed by atoms with Crippen molar-refractivity contribution in [1.29, 1.82) is 0 Å². The zero-order chi connectivity index (χ0) is 20.9. The number of carboxylic acids is 1. The summed E-state index contributed by atoms with van der Waals surface area (Å²) in [7, 11) is 0. The lowest BCUT2D eigenvalue weighted by atomic mass is 9.93. The van der Waals surface area contributed by atoms with Gasteiger partial charge < -0.3 is 14.9 Å². The third-order valence-corrected chi connectivity index (χ3v) is 4.87. The van der Waals surface area contributed by atoms with E-state index in [9.17, 15) is 14.7 Å². The molecule has 1 rings (SSSR count). The Labute approximate surface area is 176 Å². The summed E-state index contributed by atoms with van der Waals surface area (Å²) < 4.78 is 5.52. The normalized spacial score (nSPS) is 13.4. The number of rotatable bonds is 14. The SMILES string of the molecule is CC(=O)C(CC=CCCCC(=O)O)CCCC(O)COc1ccc(Cl)cc1Cl. The number of unbranched alkanes of at least 4 members (excludes halogenated alkanes) is 1. The summed E-state index contributed by atoms with van der Waals surface area (Å²) in [5, 5.41) is 19.6. The lowest BCUT2D eigenvalue weighted by molar-refractivity contribution is -0.137. The number of carboxylic acid groups (broad SMARTS) is 1. The Morgan fingerprint density at radius 1 is 1.18 bits per heavy atom. The van der Waals surface area contributed by atoms with E-state index in [1.165, 1.54) is 0 Å². The first-order valence-corrected chi connectivity index (χ1v) is 10.2. The van der Waals surface area contributed by atoms with Gasteiger partial charge in [-0.05, 0) is 57.2 Å². The number of Topliss-reactive ketones (excluding diaryl/α,β-unsaturated/α-hetero) is 1. The summed E-state index contributed by atoms with van der Waals surface area (Å²) >= 11 is 11.9. The van der Waals surface area contributed by atoms with Crippen LogP contribution in [0.25, 0.3) is 0 Å². The van der Waals surface area contributed by atoms with Gasteiger partial charge in [0.2, 0.25) is 0 Å². The highest BCUT2D eigenvalue weighted by Crippen LogP contribution is 2.27. The molecule has 0 bridgehead atoms. The van der Waals surface area contributed by atoms with Crippen molar-refractivity contribution in [2.24, 2.45) is 5.92 Å². The van der Waals surface area contributed by atoms with E-state index >= 15 is 0 Å². The molecule has 2 N–H and O–H groups in total. The number of ketones is 1. The first kappa shape index (κ1) is 24.5. The molecular formula is C21H28Cl2O5. The lowest BCUT2D eigenvalue weighted by Crippen LogP contribution is -2.18. The Kier molecular flexibility index (Phi) is 11.9. The molecule has 5 nitrogen and oxygen atoms in total. The Morgan fingerprint density at radius 2 is 1.93 bits per heavy atom. The molecule has 0 fully saturated rings. The molecule has 2 unspecified atom stereocenters. The van der Waals surface area contributed by atoms with Gasteiger partial charge in [0, 0.05) is 17.4 Å². The van der Waals surface area contributed by atoms with Crippen LogP contribution < -0.4 is 4.74 Å². The predicted molar refractivity (Wildman–Crippen MR) is 111 cm³/mol. The van der Waals surface area contributed by atoms with Gasteiger partial charge in [-0.3, -0.25) is 9.59 Å². The smallest absolute Gasteiger partial charge is 0.303 e. The summed E-state index contributed by atoms with van der Waals surface area (Å²) in [4.78, 5) is 22.2. The van der Waals surface area contributed by atoms with Crippen molar-refractivity contribution in [1.82, 2.24) is 0 Å². The minimum atomic E-state index is -0.795. The van der Waals surface area contributed by atoms with Crippen LogP contribution in [0.15, 0.2) is 30.4 Å². The maximum absolute atomic E-state index is 11.8. The summed E-state index contributed by atoms with van der Waals surface area (Å²) in [5.41, 5.74) is 0. The van der Waals surface area contributed by atoms with Crippen molar-refractivity contribution in [3.8, 4) is 5.75 Å². The van der Waals surface area contributed by atoms with Crippen LogP contribution >= 0.6 is 23.2 Å². The average Bonchev–Trinajstić information content (AvgIpc) is 2.61. The van der Waals surface area contributed by atoms with Crippen LogP contribution in [0.3, 0.4) is 0 Å². The summed E-state index contributed by atoms with van der Waals surface area (Å²) in [6.07, 6.45) is 7.22. The topological polar surface area (TPSA) is 83.8 Å². The second-order valence-electron chi connectivity index (χ2n) is 6.77. The first-order valence-electron chi connectivity index (χ1n) is 9.42. The highest BCUT2D eigenvalue weighted by molar-refractivity contribution is 6.35. The number of carbonyl (C=O) groups is 2. The molecule has 2 atom stereocenters. The minimum absolute atomic E-state index is 0.0884. The molecule has 7 heteroatoms. The lowest BCUT2D eigenvalue weighted by Gasteiger charge is -2.15. The maximum atomic E-state index is 11.8. The molecule has 28 heavy (non-hydrogen) atoms. The Hall–Kier alpha value is -1.56. The number of aliphatic hydroxyl groups is 1. The molecule has 0 amide bonds. The van der Waals surface area contributed by atoms with Gasteiger partial charge in [-0.2, -0.15) is 0 Å². The van der Waals surface area contributed by atoms with Crippen LogP contribution in [-0.4, -0.2) is 34.7 Å². The molecule has 0 spiro atoms. The summed E-state index contributed by atoms with van der Waals surface area (Å²) in [6.45, 7) is 1.70. The van der Waals surface area contributed by atoms with Crippen LogP contribution in [-0.2, 0) is 9.59 Å². The van der Waals surface area contributed by atoms with Gasteiger partial charge in [0.1, 0.15) is 18.1 Å². The number of benzene rings is 1. The van der Waals surface area contributed by atoms with E-state index in [2.05, 4.69) is 0 Å². The maximum Gasteiger partial charge on any atom is 0.303 e. The van der Waals surface area contributed by atoms with Gasteiger partial charge in [-0.15, -0.1) is 0 Å². The average molecular weight is 431 g/mol. The molecule has 1 aromatic carbocycles. The van der Waals surface area contributed by atoms with Crippen LogP contribution in [0, 0.1) is 5.92 Å². The second-order valence-corrected chi connectivity index (χ2v) is 7.61. The van der Waals surface area contributed by atoms with Gasteiger partial charge in [0.25, 0.3) is 0 Å². The monoisotopic (exact) mass is 430 g/mol. The van der Waals surface area contributed by atoms with E-state index < -0.39 is 12.1 Å². The number of allylic oxidation sites excluding steroid dienone is 2. The van der Waals surface area contributed by atoms with E-state index in [0.29, 0.717) is 54.3 Å². The number of ether oxygens (including phenoxy) is 1. The third kappa shape index (κ3) is 10.7. The van der Waals surface area contributed by atoms with Crippen molar-refractivity contribution in [2.45, 2.75) is 58.0 Å². The standard InChI is InChI=1S/C21H28Cl2O5/c1-15(24)16(7-4-2-3-5-10-21(26)27)8-6-9-18(25)14-28-20-12-11-17(22)13-19(20)23/h2,4,11-13,16,18,25H,3,5-10,14H2,1H3,(H,26,27). The fraction of sp³-hybridized carbons (Fsp3) is 0.524. The van der Waals surface area contributed by atoms with Crippen molar-refractivity contribution in [2.75, 3.05) is 6.61 Å². The molecule has 0 aliphatic carbocycles. The van der Waals surface area contributed by atoms with Gasteiger partial charge in [-0.1, -0.05) is 41.8 Å². The van der Waals surface area contributed by atoms with Crippen molar-refractivity contribution < 1.29 is 24.5 Å². The summed E-state index contributed by atoms with van der Waals surface area (Å²) in [6, 6.07) is 4.91. The zero-order valence-corrected chi connectivity index (χ0v) is 17.6. The molecule has 0 aromatic heterocycles. The molecule has 0 aliphatic heterocycles. The number of carbonyl (C=O) groups excluding carboxylic acids is 1. The quantitative estimate of drug-likeness (QED) is 0.308. The van der Waals surface area contributed by atoms with E-state index in [4.69, 9.17) is 33.0 Å². The third-order valence-electron chi connectivity index (χ3n) is 4.34. The Bertz CT molecular complexity index is 660. The minimum Gasteiger partial charge on any atom is -0.489 e. The van der Waals surface area contributed by atoms with Gasteiger partial charge in [0.05, 0.1) is 11.1 Å². The van der Waals surface area contributed by atoms with E-state index in [-0.39, 0.29) is 24.7 Å². The molecule has 0 aliphatic rings. The highest BCUT2D eigenvalue weighted by atomic mass is 35.5. The number of hydrogen-bond acceptors (Lipinski definition) is 4. The van der Waals surface area contributed by atoms with Gasteiger partial charge in [-0.25, -0.2) is 0 Å². The van der Waals surface area contributed by atoms with E-state index in [0.717, 1.165) is 0 Å². The van der Waals surface area contributed by atoms with Gasteiger partial charge in [0.15, 0.2) is 0 Å². The molecule has 0 heterocycles. The number of halogens is 2. The van der Waals surface area contributed by atoms with Crippen LogP contribution in [0.2, 0.25) is 10.0 Å². The van der Waals surface area contributed by atoms with Crippen molar-refractivity contribution in [3.05, 3.63) is 40.4 Å². The molecule has 0 radical (unpaired) electrons. The largest absolute Gasteiger partial charge is 0.489 e.